The third-order valence-electron chi connectivity index (χ3n) is 12.7. The number of benzene rings is 2. The summed E-state index contributed by atoms with van der Waals surface area (Å²) < 4.78 is 0. The minimum absolute atomic E-state index is 0.0131. The van der Waals surface area contributed by atoms with Gasteiger partial charge in [-0.1, -0.05) is 84.0 Å². The Morgan fingerprint density at radius 3 is 1.82 bits per heavy atom. The molecule has 2 aromatic carbocycles. The van der Waals surface area contributed by atoms with E-state index < -0.39 is 95.7 Å². The van der Waals surface area contributed by atoms with E-state index in [1.54, 1.807) is 38.4 Å². The molecule has 2 aromatic heterocycles. The van der Waals surface area contributed by atoms with Gasteiger partial charge in [-0.05, 0) is 66.7 Å². The topological polar surface area (TPSA) is 319 Å². The van der Waals surface area contributed by atoms with E-state index in [4.69, 9.17) is 5.73 Å². The van der Waals surface area contributed by atoms with Gasteiger partial charge in [-0.3, -0.25) is 28.8 Å². The van der Waals surface area contributed by atoms with Crippen molar-refractivity contribution in [3.05, 3.63) is 102 Å². The molecule has 1 aliphatic heterocycles. The zero-order chi connectivity index (χ0) is 53.2. The van der Waals surface area contributed by atoms with Crippen molar-refractivity contribution < 1.29 is 43.8 Å². The van der Waals surface area contributed by atoms with Gasteiger partial charge >= 0.3 is 5.97 Å². The van der Waals surface area contributed by atoms with Gasteiger partial charge in [0.25, 0.3) is 0 Å². The SMILES string of the molecule is CC(C)C[C@@H](CN[C@@H](CC(C)C)C(=O)N[C@H](C(=O)N[C@@H](Cc1ccc(O)cc1)C(=O)O)C(C)C)NC(=O)[C@H](Cc1cnc[nH]1)NC(=O)[C@H](Cc1ccccc1)NC(=O)[C@@H]1CCCN1C(=O)[C@H](N)Cc1cnc[nH]1. The smallest absolute Gasteiger partial charge is 0.326 e. The number of likely N-dealkylation sites (tertiary alicyclic amines) is 1. The summed E-state index contributed by atoms with van der Waals surface area (Å²) >= 11 is 0. The van der Waals surface area contributed by atoms with E-state index >= 15 is 0 Å². The maximum Gasteiger partial charge on any atom is 0.326 e. The highest BCUT2D eigenvalue weighted by atomic mass is 16.4. The van der Waals surface area contributed by atoms with E-state index in [2.05, 4.69) is 51.8 Å². The molecule has 0 unspecified atom stereocenters. The van der Waals surface area contributed by atoms with Crippen molar-refractivity contribution in [3.63, 3.8) is 0 Å². The number of rotatable bonds is 28. The van der Waals surface area contributed by atoms with Crippen LogP contribution in [-0.2, 0) is 59.2 Å². The van der Waals surface area contributed by atoms with Crippen molar-refractivity contribution in [2.75, 3.05) is 13.1 Å². The molecule has 3 heterocycles. The highest BCUT2D eigenvalue weighted by molar-refractivity contribution is 5.95. The van der Waals surface area contributed by atoms with Crippen molar-refractivity contribution in [3.8, 4) is 5.75 Å². The lowest BCUT2D eigenvalue weighted by Crippen LogP contribution is -2.60. The van der Waals surface area contributed by atoms with Crippen LogP contribution >= 0.6 is 0 Å². The van der Waals surface area contributed by atoms with Crippen molar-refractivity contribution in [2.24, 2.45) is 23.5 Å². The Labute approximate surface area is 426 Å². The van der Waals surface area contributed by atoms with Gasteiger partial charge in [0.1, 0.15) is 36.0 Å². The molecule has 21 heteroatoms. The molecule has 0 saturated carbocycles. The monoisotopic (exact) mass is 1010 g/mol. The van der Waals surface area contributed by atoms with Gasteiger partial charge in [-0.15, -0.1) is 0 Å². The second-order valence-electron chi connectivity index (χ2n) is 20.1. The second-order valence-corrected chi connectivity index (χ2v) is 20.1. The number of carboxylic acids is 1. The van der Waals surface area contributed by atoms with E-state index in [1.165, 1.54) is 29.7 Å². The molecule has 4 aromatic rings. The van der Waals surface area contributed by atoms with Crippen LogP contribution in [0.2, 0.25) is 0 Å². The highest BCUT2D eigenvalue weighted by Crippen LogP contribution is 2.20. The molecule has 1 saturated heterocycles. The number of amides is 6. The quantitative estimate of drug-likeness (QED) is 0.0386. The molecule has 0 bridgehead atoms. The van der Waals surface area contributed by atoms with Crippen LogP contribution in [0.15, 0.2) is 79.6 Å². The van der Waals surface area contributed by atoms with E-state index in [0.29, 0.717) is 49.2 Å². The summed E-state index contributed by atoms with van der Waals surface area (Å²) in [6.07, 6.45) is 8.09. The summed E-state index contributed by atoms with van der Waals surface area (Å²) in [6.45, 7) is 11.8. The summed E-state index contributed by atoms with van der Waals surface area (Å²) in [5.74, 6) is -4.80. The number of carbonyl (C=O) groups excluding carboxylic acids is 6. The maximum absolute atomic E-state index is 14.5. The summed E-state index contributed by atoms with van der Waals surface area (Å²) in [5, 5.41) is 37.3. The van der Waals surface area contributed by atoms with Crippen LogP contribution < -0.4 is 37.6 Å². The first-order valence-electron chi connectivity index (χ1n) is 25.1. The number of nitrogens with zero attached hydrogens (tertiary/aromatic N) is 3. The number of carboxylic acid groups (broad SMARTS) is 1. The predicted octanol–water partition coefficient (Wildman–Crippen LogP) is 1.64. The number of nitrogens with two attached hydrogens (primary N) is 1. The average molecular weight is 1010 g/mol. The molecule has 12 N–H and O–H groups in total. The zero-order valence-corrected chi connectivity index (χ0v) is 42.6. The molecule has 21 nitrogen and oxygen atoms in total. The van der Waals surface area contributed by atoms with Gasteiger partial charge in [-0.25, -0.2) is 14.8 Å². The van der Waals surface area contributed by atoms with Crippen molar-refractivity contribution >= 4 is 41.4 Å². The van der Waals surface area contributed by atoms with Gasteiger partial charge in [-0.2, -0.15) is 0 Å². The van der Waals surface area contributed by atoms with Crippen LogP contribution in [0.4, 0.5) is 0 Å². The molecule has 0 spiro atoms. The minimum Gasteiger partial charge on any atom is -0.508 e. The Bertz CT molecular complexity index is 2400. The lowest BCUT2D eigenvalue weighted by Gasteiger charge is -2.30. The predicted molar refractivity (Wildman–Crippen MR) is 272 cm³/mol. The fourth-order valence-corrected chi connectivity index (χ4v) is 8.88. The molecule has 73 heavy (non-hydrogen) atoms. The number of hydrogen-bond acceptors (Lipinski definition) is 12. The largest absolute Gasteiger partial charge is 0.508 e. The molecule has 8 atom stereocenters. The molecule has 5 rings (SSSR count). The number of aromatic hydroxyl groups is 1. The maximum atomic E-state index is 14.5. The third kappa shape index (κ3) is 17.8. The van der Waals surface area contributed by atoms with E-state index in [-0.39, 0.29) is 49.8 Å². The average Bonchev–Trinajstić information content (AvgIpc) is 4.16. The molecular formula is C52H74N12O9. The Hall–Kier alpha value is -7.13. The summed E-state index contributed by atoms with van der Waals surface area (Å²) in [4.78, 5) is 112. The molecule has 396 valence electrons. The van der Waals surface area contributed by atoms with Gasteiger partial charge in [0.05, 0.1) is 24.7 Å². The van der Waals surface area contributed by atoms with Crippen LogP contribution in [0, 0.1) is 17.8 Å². The molecular weight excluding hydrogens is 937 g/mol. The Kier molecular flexibility index (Phi) is 21.5. The third-order valence-corrected chi connectivity index (χ3v) is 12.7. The first-order chi connectivity index (χ1) is 34.8. The zero-order valence-electron chi connectivity index (χ0n) is 42.6. The summed E-state index contributed by atoms with van der Waals surface area (Å²) in [6, 6.07) is 7.21. The van der Waals surface area contributed by atoms with E-state index in [9.17, 15) is 43.8 Å². The Morgan fingerprint density at radius 2 is 1.23 bits per heavy atom. The van der Waals surface area contributed by atoms with Crippen LogP contribution in [0.3, 0.4) is 0 Å². The van der Waals surface area contributed by atoms with Crippen LogP contribution in [0.5, 0.6) is 5.75 Å². The standard InChI is InChI=1S/C52H74N12O9/c1-30(2)19-37(27-56-40(20-31(3)4)46(66)63-45(32(5)6)50(70)62-43(52(72)73)22-34-14-16-38(65)17-15-34)59-47(67)42(24-36-26-55-29-58-36)60-48(68)41(21-33-11-8-7-9-12-33)61-49(69)44-13-10-18-64(44)51(71)39(53)23-35-25-54-28-57-35/h7-9,11-12,14-17,25-26,28-32,37,39-45,56,65H,10,13,18-24,27,53H2,1-6H3,(H,54,57)(H,55,58)(H,59,67)(H,60,68)(H,61,69)(H,62,70)(H,63,66)(H,72,73)/t37-,39+,40-,41-,42-,43-,44-,45-/m0/s1. The Morgan fingerprint density at radius 1 is 0.671 bits per heavy atom. The van der Waals surface area contributed by atoms with Gasteiger partial charge in [0.15, 0.2) is 0 Å². The molecule has 1 fully saturated rings. The van der Waals surface area contributed by atoms with Crippen LogP contribution in [-0.4, -0.2) is 138 Å². The second kappa shape index (κ2) is 27.6. The highest BCUT2D eigenvalue weighted by Gasteiger charge is 2.39. The summed E-state index contributed by atoms with van der Waals surface area (Å²) in [7, 11) is 0. The molecule has 0 radical (unpaired) electrons. The van der Waals surface area contributed by atoms with Crippen molar-refractivity contribution in [1.82, 2.24) is 56.7 Å². The lowest BCUT2D eigenvalue weighted by molar-refractivity contribution is -0.142. The molecule has 6 amide bonds. The van der Waals surface area contributed by atoms with Crippen molar-refractivity contribution in [1.29, 1.82) is 0 Å². The van der Waals surface area contributed by atoms with E-state index in [1.807, 2.05) is 58.0 Å². The normalized spacial score (nSPS) is 16.5. The van der Waals surface area contributed by atoms with Gasteiger partial charge < -0.3 is 62.7 Å². The van der Waals surface area contributed by atoms with Gasteiger partial charge in [0, 0.05) is 68.6 Å². The number of H-pyrrole nitrogens is 2. The number of hydrogen-bond donors (Lipinski definition) is 11. The van der Waals surface area contributed by atoms with E-state index in [0.717, 1.165) is 5.56 Å². The fourth-order valence-electron chi connectivity index (χ4n) is 8.88. The number of nitrogens with one attached hydrogen (secondary N) is 8. The minimum atomic E-state index is -1.31. The van der Waals surface area contributed by atoms with Crippen molar-refractivity contribution in [2.45, 2.75) is 141 Å². The van der Waals surface area contributed by atoms with Crippen LogP contribution in [0.1, 0.15) is 89.7 Å². The lowest BCUT2D eigenvalue weighted by atomic mass is 9.98. The first-order valence-corrected chi connectivity index (χ1v) is 25.1. The number of phenolic OH excluding ortho intramolecular Hbond substituents is 1. The van der Waals surface area contributed by atoms with Crippen LogP contribution in [0.25, 0.3) is 0 Å². The Balaban J connectivity index is 1.30. The number of imidazole rings is 2. The van der Waals surface area contributed by atoms with Gasteiger partial charge in [0.2, 0.25) is 35.4 Å². The number of phenols is 1. The fraction of sp³-hybridized carbons (Fsp3) is 0.519. The molecule has 0 aliphatic carbocycles. The number of aliphatic carboxylic acids is 1. The first kappa shape index (κ1) is 56.8. The summed E-state index contributed by atoms with van der Waals surface area (Å²) in [5.41, 5.74) is 8.87. The number of carbonyl (C=O) groups is 7. The molecule has 1 aliphatic rings. The number of aromatic nitrogens is 4. The number of aromatic amines is 2.